The first-order valence-electron chi connectivity index (χ1n) is 3.96. The maximum absolute atomic E-state index is 13.4. The van der Waals surface area contributed by atoms with Gasteiger partial charge in [-0.25, -0.2) is 10.3 Å². The third kappa shape index (κ3) is 2.75. The summed E-state index contributed by atoms with van der Waals surface area (Å²) in [4.78, 5) is 4.40. The molecule has 2 N–H and O–H groups in total. The second-order valence-corrected chi connectivity index (χ2v) is 3.65. The van der Waals surface area contributed by atoms with Crippen molar-refractivity contribution in [2.75, 3.05) is 7.11 Å². The van der Waals surface area contributed by atoms with Crippen molar-refractivity contribution < 1.29 is 14.0 Å². The number of halogens is 2. The Bertz CT molecular complexity index is 320. The number of rotatable bonds is 4. The molecule has 0 heterocycles. The van der Waals surface area contributed by atoms with E-state index in [1.807, 2.05) is 0 Å². The molecular formula is C9H11BrFNO2. The van der Waals surface area contributed by atoms with E-state index in [2.05, 4.69) is 20.8 Å². The molecule has 0 saturated carbocycles. The van der Waals surface area contributed by atoms with Gasteiger partial charge in [-0.05, 0) is 33.6 Å². The lowest BCUT2D eigenvalue weighted by Gasteiger charge is -2.07. The van der Waals surface area contributed by atoms with Crippen LogP contribution in [0.5, 0.6) is 0 Å². The van der Waals surface area contributed by atoms with Gasteiger partial charge in [-0.15, -0.1) is 0 Å². The monoisotopic (exact) mass is 263 g/mol. The van der Waals surface area contributed by atoms with E-state index in [9.17, 15) is 4.39 Å². The van der Waals surface area contributed by atoms with Gasteiger partial charge in [0.05, 0.1) is 17.7 Å². The molecule has 5 heteroatoms. The fraction of sp³-hybridized carbons (Fsp3) is 0.333. The zero-order chi connectivity index (χ0) is 10.6. The molecule has 1 aromatic rings. The molecule has 0 aliphatic rings. The number of benzene rings is 1. The average molecular weight is 264 g/mol. The van der Waals surface area contributed by atoms with Gasteiger partial charge in [0.1, 0.15) is 5.82 Å². The zero-order valence-corrected chi connectivity index (χ0v) is 9.30. The van der Waals surface area contributed by atoms with E-state index in [4.69, 9.17) is 10.6 Å². The van der Waals surface area contributed by atoms with Crippen LogP contribution in [0.1, 0.15) is 11.1 Å². The summed E-state index contributed by atoms with van der Waals surface area (Å²) < 4.78 is 18.7. The van der Waals surface area contributed by atoms with Crippen molar-refractivity contribution in [1.29, 1.82) is 0 Å². The van der Waals surface area contributed by atoms with Gasteiger partial charge < -0.3 is 4.74 Å². The normalized spacial score (nSPS) is 10.6. The molecule has 78 valence electrons. The molecule has 0 fully saturated rings. The van der Waals surface area contributed by atoms with E-state index < -0.39 is 0 Å². The molecular weight excluding hydrogens is 253 g/mol. The second kappa shape index (κ2) is 5.41. The molecule has 0 saturated heterocycles. The Morgan fingerprint density at radius 3 is 2.71 bits per heavy atom. The van der Waals surface area contributed by atoms with Gasteiger partial charge >= 0.3 is 0 Å². The third-order valence-corrected chi connectivity index (χ3v) is 2.29. The molecule has 0 radical (unpaired) electrons. The maximum Gasteiger partial charge on any atom is 0.142 e. The van der Waals surface area contributed by atoms with Crippen LogP contribution in [-0.4, -0.2) is 7.11 Å². The second-order valence-electron chi connectivity index (χ2n) is 2.79. The van der Waals surface area contributed by atoms with Crippen LogP contribution in [0, 0.1) is 5.82 Å². The Labute approximate surface area is 90.1 Å². The molecule has 1 aromatic carbocycles. The predicted octanol–water partition coefficient (Wildman–Crippen LogP) is 2.12. The van der Waals surface area contributed by atoms with Gasteiger partial charge in [0.25, 0.3) is 0 Å². The standard InChI is InChI=1S/C9H11BrFNO2/c1-13-4-6-2-7(5-14-12)9(11)8(10)3-6/h2-3H,4-5,12H2,1H3. The number of hydrogen-bond acceptors (Lipinski definition) is 3. The van der Waals surface area contributed by atoms with E-state index in [1.165, 1.54) is 0 Å². The van der Waals surface area contributed by atoms with Gasteiger partial charge in [0.15, 0.2) is 0 Å². The topological polar surface area (TPSA) is 44.5 Å². The fourth-order valence-corrected chi connectivity index (χ4v) is 1.70. The maximum atomic E-state index is 13.4. The summed E-state index contributed by atoms with van der Waals surface area (Å²) in [6, 6.07) is 3.33. The Balaban J connectivity index is 3.01. The lowest BCUT2D eigenvalue weighted by Crippen LogP contribution is -2.03. The zero-order valence-electron chi connectivity index (χ0n) is 7.72. The average Bonchev–Trinajstić information content (AvgIpc) is 2.14. The summed E-state index contributed by atoms with van der Waals surface area (Å²) in [5.74, 6) is 4.54. The first kappa shape index (κ1) is 11.6. The smallest absolute Gasteiger partial charge is 0.142 e. The first-order chi connectivity index (χ1) is 6.69. The Morgan fingerprint density at radius 2 is 2.14 bits per heavy atom. The number of nitrogens with two attached hydrogens (primary N) is 1. The summed E-state index contributed by atoms with van der Waals surface area (Å²) in [6.45, 7) is 0.471. The van der Waals surface area contributed by atoms with Gasteiger partial charge in [0.2, 0.25) is 0 Å². The Kier molecular flexibility index (Phi) is 4.47. The molecule has 0 aromatic heterocycles. The van der Waals surface area contributed by atoms with Crippen molar-refractivity contribution in [3.63, 3.8) is 0 Å². The van der Waals surface area contributed by atoms with Gasteiger partial charge in [0, 0.05) is 12.7 Å². The van der Waals surface area contributed by atoms with Crippen LogP contribution in [0.3, 0.4) is 0 Å². The van der Waals surface area contributed by atoms with Crippen LogP contribution in [0.25, 0.3) is 0 Å². The quantitative estimate of drug-likeness (QED) is 0.847. The molecule has 14 heavy (non-hydrogen) atoms. The van der Waals surface area contributed by atoms with Crippen LogP contribution >= 0.6 is 15.9 Å². The SMILES string of the molecule is COCc1cc(Br)c(F)c(CON)c1. The number of ether oxygens (including phenoxy) is 1. The third-order valence-electron chi connectivity index (χ3n) is 1.71. The van der Waals surface area contributed by atoms with E-state index in [1.54, 1.807) is 19.2 Å². The molecule has 0 amide bonds. The van der Waals surface area contributed by atoms with Crippen LogP contribution in [0.15, 0.2) is 16.6 Å². The van der Waals surface area contributed by atoms with Crippen molar-refractivity contribution in [2.45, 2.75) is 13.2 Å². The first-order valence-corrected chi connectivity index (χ1v) is 4.75. The molecule has 1 rings (SSSR count). The number of methoxy groups -OCH3 is 1. The molecule has 0 aliphatic heterocycles. The lowest BCUT2D eigenvalue weighted by molar-refractivity contribution is 0.121. The molecule has 0 spiro atoms. The molecule has 3 nitrogen and oxygen atoms in total. The Hall–Kier alpha value is -0.490. The molecule has 0 aliphatic carbocycles. The highest BCUT2D eigenvalue weighted by atomic mass is 79.9. The highest BCUT2D eigenvalue weighted by Crippen LogP contribution is 2.22. The van der Waals surface area contributed by atoms with E-state index in [0.29, 0.717) is 16.6 Å². The van der Waals surface area contributed by atoms with E-state index in [0.717, 1.165) is 5.56 Å². The van der Waals surface area contributed by atoms with E-state index >= 15 is 0 Å². The minimum absolute atomic E-state index is 0.0436. The van der Waals surface area contributed by atoms with Gasteiger partial charge in [-0.1, -0.05) is 0 Å². The van der Waals surface area contributed by atoms with E-state index in [-0.39, 0.29) is 12.4 Å². The van der Waals surface area contributed by atoms with Gasteiger partial charge in [-0.3, -0.25) is 4.84 Å². The predicted molar refractivity (Wildman–Crippen MR) is 53.8 cm³/mol. The minimum Gasteiger partial charge on any atom is -0.380 e. The molecule has 0 unspecified atom stereocenters. The lowest BCUT2D eigenvalue weighted by atomic mass is 10.1. The number of hydrogen-bond donors (Lipinski definition) is 1. The van der Waals surface area contributed by atoms with Crippen molar-refractivity contribution >= 4 is 15.9 Å². The van der Waals surface area contributed by atoms with Crippen LogP contribution in [0.4, 0.5) is 4.39 Å². The van der Waals surface area contributed by atoms with Crippen molar-refractivity contribution in [3.05, 3.63) is 33.5 Å². The largest absolute Gasteiger partial charge is 0.380 e. The fourth-order valence-electron chi connectivity index (χ4n) is 1.15. The van der Waals surface area contributed by atoms with Crippen molar-refractivity contribution in [2.24, 2.45) is 5.90 Å². The molecule has 0 atom stereocenters. The van der Waals surface area contributed by atoms with Crippen LogP contribution in [-0.2, 0) is 22.8 Å². The highest BCUT2D eigenvalue weighted by molar-refractivity contribution is 9.10. The summed E-state index contributed by atoms with van der Waals surface area (Å²) in [5, 5.41) is 0. The Morgan fingerprint density at radius 1 is 1.43 bits per heavy atom. The van der Waals surface area contributed by atoms with Crippen molar-refractivity contribution in [1.82, 2.24) is 0 Å². The summed E-state index contributed by atoms with van der Waals surface area (Å²) in [5.41, 5.74) is 1.28. The van der Waals surface area contributed by atoms with Gasteiger partial charge in [-0.2, -0.15) is 0 Å². The highest BCUT2D eigenvalue weighted by Gasteiger charge is 2.08. The van der Waals surface area contributed by atoms with Crippen molar-refractivity contribution in [3.8, 4) is 0 Å². The minimum atomic E-state index is -0.352. The summed E-state index contributed by atoms with van der Waals surface area (Å²) >= 11 is 3.11. The molecule has 0 bridgehead atoms. The summed E-state index contributed by atoms with van der Waals surface area (Å²) in [7, 11) is 1.58. The summed E-state index contributed by atoms with van der Waals surface area (Å²) in [6.07, 6.45) is 0. The van der Waals surface area contributed by atoms with Crippen LogP contribution in [0.2, 0.25) is 0 Å². The van der Waals surface area contributed by atoms with Crippen LogP contribution < -0.4 is 5.90 Å².